The number of carbonyl (C=O) groups is 3. The second kappa shape index (κ2) is 12.1. The molecule has 2 aromatic rings. The van der Waals surface area contributed by atoms with Gasteiger partial charge in [0, 0.05) is 17.6 Å². The molecule has 0 aromatic heterocycles. The molecule has 0 aliphatic heterocycles. The van der Waals surface area contributed by atoms with Gasteiger partial charge in [0.15, 0.2) is 0 Å². The van der Waals surface area contributed by atoms with Gasteiger partial charge in [0.05, 0.1) is 6.61 Å². The number of carbonyl (C=O) groups excluding carboxylic acids is 3. The molecule has 0 fully saturated rings. The van der Waals surface area contributed by atoms with Crippen molar-refractivity contribution in [2.75, 3.05) is 13.2 Å². The lowest BCUT2D eigenvalue weighted by atomic mass is 9.96. The summed E-state index contributed by atoms with van der Waals surface area (Å²) in [6, 6.07) is 14.8. The quantitative estimate of drug-likeness (QED) is 0.274. The van der Waals surface area contributed by atoms with Crippen LogP contribution in [0.5, 0.6) is 5.75 Å². The third-order valence-corrected chi connectivity index (χ3v) is 4.19. The lowest BCUT2D eigenvalue weighted by Gasteiger charge is -2.23. The maximum Gasteiger partial charge on any atom is 0.414 e. The second-order valence-electron chi connectivity index (χ2n) is 6.48. The Balaban J connectivity index is 2.16. The standard InChI is InChI=1S/C22H24N2O7/c1-15(7-12-19(26)24-29)20(16-8-10-18(11-9-16)30-14-13-25)31-22(28)23-21(27)17-5-3-2-4-6-17/h2-12,15,20,25,29H,13-14H2,1H3,(H,24,26)(H,23,27,28)/b12-7+/t15-,20+/m0/s1. The van der Waals surface area contributed by atoms with E-state index in [0.717, 1.165) is 6.08 Å². The average molecular weight is 428 g/mol. The third-order valence-electron chi connectivity index (χ3n) is 4.19. The van der Waals surface area contributed by atoms with Crippen molar-refractivity contribution in [1.82, 2.24) is 10.8 Å². The van der Waals surface area contributed by atoms with Crippen molar-refractivity contribution in [3.8, 4) is 5.75 Å². The number of aliphatic hydroxyl groups is 1. The smallest absolute Gasteiger partial charge is 0.414 e. The van der Waals surface area contributed by atoms with E-state index >= 15 is 0 Å². The molecular weight excluding hydrogens is 404 g/mol. The predicted octanol–water partition coefficient (Wildman–Crippen LogP) is 2.36. The summed E-state index contributed by atoms with van der Waals surface area (Å²) in [5, 5.41) is 19.7. The van der Waals surface area contributed by atoms with Gasteiger partial charge in [-0.25, -0.2) is 10.3 Å². The number of hydrogen-bond acceptors (Lipinski definition) is 7. The van der Waals surface area contributed by atoms with Crippen LogP contribution in [0.1, 0.15) is 28.9 Å². The van der Waals surface area contributed by atoms with E-state index in [4.69, 9.17) is 19.8 Å². The summed E-state index contributed by atoms with van der Waals surface area (Å²) < 4.78 is 10.8. The molecule has 0 aliphatic carbocycles. The van der Waals surface area contributed by atoms with Gasteiger partial charge in [-0.1, -0.05) is 43.3 Å². The molecule has 2 aromatic carbocycles. The molecule has 9 heteroatoms. The van der Waals surface area contributed by atoms with Crippen molar-refractivity contribution >= 4 is 17.9 Å². The van der Waals surface area contributed by atoms with Gasteiger partial charge in [-0.3, -0.25) is 20.1 Å². The Morgan fingerprint density at radius 3 is 2.35 bits per heavy atom. The molecule has 0 unspecified atom stereocenters. The minimum absolute atomic E-state index is 0.127. The van der Waals surface area contributed by atoms with Gasteiger partial charge in [-0.05, 0) is 29.8 Å². The first kappa shape index (κ1) is 23.6. The largest absolute Gasteiger partial charge is 0.491 e. The number of ether oxygens (including phenoxy) is 2. The Hall–Kier alpha value is -3.69. The molecule has 0 saturated heterocycles. The fourth-order valence-corrected chi connectivity index (χ4v) is 2.67. The zero-order valence-electron chi connectivity index (χ0n) is 16.9. The molecule has 4 N–H and O–H groups in total. The maximum atomic E-state index is 12.4. The highest BCUT2D eigenvalue weighted by molar-refractivity contribution is 6.02. The zero-order chi connectivity index (χ0) is 22.6. The highest BCUT2D eigenvalue weighted by Crippen LogP contribution is 2.29. The van der Waals surface area contributed by atoms with Crippen LogP contribution >= 0.6 is 0 Å². The van der Waals surface area contributed by atoms with E-state index in [9.17, 15) is 14.4 Å². The van der Waals surface area contributed by atoms with E-state index in [1.807, 2.05) is 0 Å². The number of imide groups is 1. The Kier molecular flexibility index (Phi) is 9.21. The Morgan fingerprint density at radius 2 is 1.74 bits per heavy atom. The number of nitrogens with one attached hydrogen (secondary N) is 2. The molecule has 0 saturated carbocycles. The van der Waals surface area contributed by atoms with Crippen LogP contribution in [-0.4, -0.2) is 41.4 Å². The molecule has 0 heterocycles. The zero-order valence-corrected chi connectivity index (χ0v) is 16.9. The lowest BCUT2D eigenvalue weighted by Crippen LogP contribution is -2.33. The van der Waals surface area contributed by atoms with E-state index in [1.54, 1.807) is 61.5 Å². The number of alkyl carbamates (subject to hydrolysis) is 1. The number of aliphatic hydroxyl groups excluding tert-OH is 1. The first-order valence-electron chi connectivity index (χ1n) is 9.47. The van der Waals surface area contributed by atoms with E-state index in [2.05, 4.69) is 5.32 Å². The minimum atomic E-state index is -0.952. The highest BCUT2D eigenvalue weighted by atomic mass is 16.6. The summed E-state index contributed by atoms with van der Waals surface area (Å²) in [6.07, 6.45) is 0.760. The van der Waals surface area contributed by atoms with Crippen molar-refractivity contribution < 1.29 is 34.2 Å². The van der Waals surface area contributed by atoms with Crippen molar-refractivity contribution in [2.24, 2.45) is 5.92 Å². The second-order valence-corrected chi connectivity index (χ2v) is 6.48. The first-order chi connectivity index (χ1) is 14.9. The van der Waals surface area contributed by atoms with Crippen molar-refractivity contribution in [3.05, 3.63) is 77.9 Å². The lowest BCUT2D eigenvalue weighted by molar-refractivity contribution is -0.124. The van der Waals surface area contributed by atoms with Crippen LogP contribution in [0.3, 0.4) is 0 Å². The molecule has 0 aliphatic rings. The molecule has 3 amide bonds. The fourth-order valence-electron chi connectivity index (χ4n) is 2.67. The Bertz CT molecular complexity index is 898. The monoisotopic (exact) mass is 428 g/mol. The van der Waals surface area contributed by atoms with Crippen LogP contribution in [0, 0.1) is 5.92 Å². The molecule has 0 radical (unpaired) electrons. The number of rotatable bonds is 9. The van der Waals surface area contributed by atoms with E-state index in [-0.39, 0.29) is 13.2 Å². The van der Waals surface area contributed by atoms with Gasteiger partial charge in [0.2, 0.25) is 0 Å². The summed E-state index contributed by atoms with van der Waals surface area (Å²) in [5.41, 5.74) is 2.37. The highest BCUT2D eigenvalue weighted by Gasteiger charge is 2.24. The van der Waals surface area contributed by atoms with Crippen LogP contribution in [0.2, 0.25) is 0 Å². The average Bonchev–Trinajstić information content (AvgIpc) is 2.80. The maximum absolute atomic E-state index is 12.4. The minimum Gasteiger partial charge on any atom is -0.491 e. The molecule has 31 heavy (non-hydrogen) atoms. The molecule has 0 bridgehead atoms. The number of benzene rings is 2. The topological polar surface area (TPSA) is 134 Å². The molecule has 9 nitrogen and oxygen atoms in total. The van der Waals surface area contributed by atoms with Gasteiger partial charge in [-0.15, -0.1) is 0 Å². The Morgan fingerprint density at radius 1 is 1.06 bits per heavy atom. The van der Waals surface area contributed by atoms with Gasteiger partial charge in [-0.2, -0.15) is 0 Å². The normalized spacial score (nSPS) is 12.6. The first-order valence-corrected chi connectivity index (χ1v) is 9.47. The molecule has 2 atom stereocenters. The summed E-state index contributed by atoms with van der Waals surface area (Å²) in [7, 11) is 0. The SMILES string of the molecule is C[C@@H](/C=C/C(=O)NO)[C@@H](OC(=O)NC(=O)c1ccccc1)c1ccc(OCCO)cc1. The summed E-state index contributed by atoms with van der Waals surface area (Å²) in [5.74, 6) is -1.32. The van der Waals surface area contributed by atoms with Crippen molar-refractivity contribution in [3.63, 3.8) is 0 Å². The van der Waals surface area contributed by atoms with Gasteiger partial charge in [0.25, 0.3) is 11.8 Å². The van der Waals surface area contributed by atoms with Crippen LogP contribution in [0.4, 0.5) is 4.79 Å². The molecule has 2 rings (SSSR count). The summed E-state index contributed by atoms with van der Waals surface area (Å²) in [4.78, 5) is 35.9. The number of amides is 3. The van der Waals surface area contributed by atoms with Crippen molar-refractivity contribution in [2.45, 2.75) is 13.0 Å². The van der Waals surface area contributed by atoms with E-state index in [1.165, 1.54) is 11.6 Å². The van der Waals surface area contributed by atoms with Gasteiger partial charge in [0.1, 0.15) is 18.5 Å². The molecular formula is C22H24N2O7. The van der Waals surface area contributed by atoms with Crippen molar-refractivity contribution in [1.29, 1.82) is 0 Å². The summed E-state index contributed by atoms with van der Waals surface area (Å²) in [6.45, 7) is 1.71. The van der Waals surface area contributed by atoms with Gasteiger partial charge < -0.3 is 14.6 Å². The van der Waals surface area contributed by atoms with E-state index in [0.29, 0.717) is 16.9 Å². The predicted molar refractivity (Wildman–Crippen MR) is 110 cm³/mol. The number of hydroxylamine groups is 1. The fraction of sp³-hybridized carbons (Fsp3) is 0.227. The van der Waals surface area contributed by atoms with Crippen LogP contribution in [-0.2, 0) is 9.53 Å². The number of hydrogen-bond donors (Lipinski definition) is 4. The third kappa shape index (κ3) is 7.57. The van der Waals surface area contributed by atoms with Crippen LogP contribution in [0.15, 0.2) is 66.7 Å². The molecule has 164 valence electrons. The summed E-state index contributed by atoms with van der Waals surface area (Å²) >= 11 is 0. The Labute approximate surface area is 179 Å². The van der Waals surface area contributed by atoms with Gasteiger partial charge >= 0.3 is 6.09 Å². The molecule has 0 spiro atoms. The van der Waals surface area contributed by atoms with E-state index < -0.39 is 29.9 Å². The van der Waals surface area contributed by atoms with Crippen LogP contribution < -0.4 is 15.5 Å². The van der Waals surface area contributed by atoms with Crippen LogP contribution in [0.25, 0.3) is 0 Å².